The number of aliphatic hydroxyl groups is 1. The number of urea groups is 1. The Morgan fingerprint density at radius 2 is 1.88 bits per heavy atom. The molecule has 2 amide bonds. The van der Waals surface area contributed by atoms with Crippen LogP contribution in [-0.2, 0) is 13.5 Å². The number of aryl methyl sites for hydroxylation is 2. The molecule has 12 heteroatoms. The third-order valence-corrected chi connectivity index (χ3v) is 8.19. The highest BCUT2D eigenvalue weighted by atomic mass is 16.5. The number of oxazole rings is 1. The second-order valence-electron chi connectivity index (χ2n) is 10.6. The van der Waals surface area contributed by atoms with E-state index in [-0.39, 0.29) is 17.6 Å². The number of nitrogens with one attached hydrogen (secondary N) is 2. The van der Waals surface area contributed by atoms with Crippen LogP contribution in [-0.4, -0.2) is 63.6 Å². The number of rotatable bonds is 5. The highest BCUT2D eigenvalue weighted by molar-refractivity contribution is 5.91. The molecule has 0 spiro atoms. The molecule has 0 saturated carbocycles. The third kappa shape index (κ3) is 4.84. The second kappa shape index (κ2) is 10.4. The molecule has 12 nitrogen and oxygen atoms in total. The van der Waals surface area contributed by atoms with Gasteiger partial charge in [-0.15, -0.1) is 0 Å². The molecule has 2 aromatic heterocycles. The Kier molecular flexibility index (Phi) is 6.78. The molecule has 3 N–H and O–H groups in total. The zero-order chi connectivity index (χ0) is 28.8. The maximum Gasteiger partial charge on any atom is 0.419 e. The van der Waals surface area contributed by atoms with Crippen molar-refractivity contribution in [1.29, 1.82) is 0 Å². The number of ether oxygens (including phenoxy) is 1. The monoisotopic (exact) mass is 560 g/mol. The Balaban J connectivity index is 1.17. The van der Waals surface area contributed by atoms with Crippen LogP contribution in [0.25, 0.3) is 11.1 Å². The van der Waals surface area contributed by atoms with E-state index < -0.39 is 17.4 Å². The molecule has 4 heterocycles. The molecule has 2 aliphatic rings. The first-order chi connectivity index (χ1) is 19.7. The van der Waals surface area contributed by atoms with Gasteiger partial charge < -0.3 is 29.4 Å². The fourth-order valence-corrected chi connectivity index (χ4v) is 5.96. The maximum absolute atomic E-state index is 13.1. The molecule has 214 valence electrons. The normalized spacial score (nSPS) is 16.8. The van der Waals surface area contributed by atoms with Crippen LogP contribution in [0, 0.1) is 6.92 Å². The summed E-state index contributed by atoms with van der Waals surface area (Å²) in [5.74, 6) is 0.811. The molecule has 4 aromatic rings. The molecule has 6 rings (SSSR count). The van der Waals surface area contributed by atoms with Crippen LogP contribution in [0.15, 0.2) is 50.4 Å². The van der Waals surface area contributed by atoms with Crippen molar-refractivity contribution in [3.05, 3.63) is 79.6 Å². The molecular weight excluding hydrogens is 528 g/mol. The number of aliphatic hydroxyl groups excluding tert-OH is 1. The summed E-state index contributed by atoms with van der Waals surface area (Å²) in [6.07, 6.45) is 0.947. The minimum atomic E-state index is -1.24. The molecule has 1 atom stereocenters. The topological polar surface area (TPSA) is 146 Å². The number of amides is 2. The van der Waals surface area contributed by atoms with Crippen molar-refractivity contribution in [2.75, 3.05) is 37.0 Å². The van der Waals surface area contributed by atoms with Gasteiger partial charge in [0.25, 0.3) is 5.56 Å². The quantitative estimate of drug-likeness (QED) is 0.338. The summed E-state index contributed by atoms with van der Waals surface area (Å²) in [6, 6.07) is 10.6. The minimum absolute atomic E-state index is 0.0607. The Morgan fingerprint density at radius 1 is 1.10 bits per heavy atom. The van der Waals surface area contributed by atoms with Crippen molar-refractivity contribution in [2.24, 2.45) is 7.05 Å². The van der Waals surface area contributed by atoms with Gasteiger partial charge >= 0.3 is 11.8 Å². The standard InChI is InChI=1S/C29H32N6O6/c1-16-12-18(14-23-25(16)33(2)29(39)41-23)26(36)21-15-24(31-32-27(21)37)34-9-7-19(8-10-34)35-11-6-17-13-20(40-3)4-5-22(17)30-28(35)38/h4-5,12-15,19,26,36H,6-11H2,1-3H3,(H,30,38)(H,32,37). The summed E-state index contributed by atoms with van der Waals surface area (Å²) in [6.45, 7) is 3.68. The zero-order valence-electron chi connectivity index (χ0n) is 23.1. The number of aromatic nitrogens is 3. The predicted molar refractivity (Wildman–Crippen MR) is 153 cm³/mol. The van der Waals surface area contributed by atoms with E-state index >= 15 is 0 Å². The van der Waals surface area contributed by atoms with Crippen LogP contribution >= 0.6 is 0 Å². The maximum atomic E-state index is 13.1. The Labute approximate surface area is 235 Å². The van der Waals surface area contributed by atoms with E-state index in [4.69, 9.17) is 9.15 Å². The van der Waals surface area contributed by atoms with E-state index in [0.717, 1.165) is 41.8 Å². The average molecular weight is 561 g/mol. The molecular formula is C29H32N6O6. The number of piperidine rings is 1. The lowest BCUT2D eigenvalue weighted by atomic mass is 9.99. The fraction of sp³-hybridized carbons (Fsp3) is 0.379. The van der Waals surface area contributed by atoms with Gasteiger partial charge in [0, 0.05) is 38.4 Å². The van der Waals surface area contributed by atoms with E-state index in [9.17, 15) is 19.5 Å². The van der Waals surface area contributed by atoms with Crippen molar-refractivity contribution < 1.29 is 19.1 Å². The lowest BCUT2D eigenvalue weighted by molar-refractivity contribution is 0.177. The van der Waals surface area contributed by atoms with E-state index in [1.54, 1.807) is 32.4 Å². The van der Waals surface area contributed by atoms with Gasteiger partial charge in [-0.25, -0.2) is 14.7 Å². The van der Waals surface area contributed by atoms with Gasteiger partial charge in [-0.2, -0.15) is 5.10 Å². The van der Waals surface area contributed by atoms with Gasteiger partial charge in [0.05, 0.1) is 18.2 Å². The molecule has 41 heavy (non-hydrogen) atoms. The summed E-state index contributed by atoms with van der Waals surface area (Å²) in [4.78, 5) is 41.7. The third-order valence-electron chi connectivity index (χ3n) is 8.19. The Hall–Kier alpha value is -4.58. The first-order valence-electron chi connectivity index (χ1n) is 13.6. The number of nitrogens with zero attached hydrogens (tertiary/aromatic N) is 4. The fourth-order valence-electron chi connectivity index (χ4n) is 5.96. The molecule has 2 aromatic carbocycles. The lowest BCUT2D eigenvalue weighted by Crippen LogP contribution is -2.49. The predicted octanol–water partition coefficient (Wildman–Crippen LogP) is 2.67. The number of benzene rings is 2. The molecule has 0 bridgehead atoms. The van der Waals surface area contributed by atoms with E-state index in [1.165, 1.54) is 4.57 Å². The summed E-state index contributed by atoms with van der Waals surface area (Å²) in [5.41, 5.74) is 3.68. The minimum Gasteiger partial charge on any atom is -0.497 e. The Bertz CT molecular complexity index is 1750. The van der Waals surface area contributed by atoms with Crippen LogP contribution in [0.5, 0.6) is 5.75 Å². The number of methoxy groups -OCH3 is 1. The van der Waals surface area contributed by atoms with Crippen LogP contribution in [0.4, 0.5) is 16.3 Å². The van der Waals surface area contributed by atoms with Crippen LogP contribution in [0.2, 0.25) is 0 Å². The highest BCUT2D eigenvalue weighted by Gasteiger charge is 2.31. The number of H-pyrrole nitrogens is 1. The largest absolute Gasteiger partial charge is 0.497 e. The molecule has 0 radical (unpaired) electrons. The SMILES string of the molecule is COc1ccc2c(c1)CCN(C1CCN(c3cc(C(O)c4cc(C)c5c(c4)oc(=O)n5C)c(=O)[nH]n3)CC1)C(=O)N2. The molecule has 1 fully saturated rings. The summed E-state index contributed by atoms with van der Waals surface area (Å²) in [7, 11) is 3.25. The molecule has 1 unspecified atom stereocenters. The van der Waals surface area contributed by atoms with Gasteiger partial charge in [0.1, 0.15) is 17.7 Å². The number of hydrogen-bond donors (Lipinski definition) is 3. The van der Waals surface area contributed by atoms with Gasteiger partial charge in [0.15, 0.2) is 5.58 Å². The molecule has 1 saturated heterocycles. The van der Waals surface area contributed by atoms with Gasteiger partial charge in [-0.1, -0.05) is 6.07 Å². The number of hydrogen-bond acceptors (Lipinski definition) is 8. The number of carbonyl (C=O) groups excluding carboxylic acids is 1. The number of aromatic amines is 1. The van der Waals surface area contributed by atoms with Crippen molar-refractivity contribution in [2.45, 2.75) is 38.3 Å². The summed E-state index contributed by atoms with van der Waals surface area (Å²) >= 11 is 0. The van der Waals surface area contributed by atoms with E-state index in [2.05, 4.69) is 15.5 Å². The number of carbonyl (C=O) groups is 1. The van der Waals surface area contributed by atoms with Crippen molar-refractivity contribution in [3.63, 3.8) is 0 Å². The first-order valence-corrected chi connectivity index (χ1v) is 13.6. The van der Waals surface area contributed by atoms with Crippen molar-refractivity contribution in [1.82, 2.24) is 19.7 Å². The van der Waals surface area contributed by atoms with Gasteiger partial charge in [0.2, 0.25) is 0 Å². The number of fused-ring (bicyclic) bond motifs is 2. The molecule has 2 aliphatic heterocycles. The zero-order valence-corrected chi connectivity index (χ0v) is 23.1. The van der Waals surface area contributed by atoms with Gasteiger partial charge in [-0.05, 0) is 73.2 Å². The van der Waals surface area contributed by atoms with Crippen LogP contribution < -0.4 is 26.3 Å². The van der Waals surface area contributed by atoms with Crippen molar-refractivity contribution >= 4 is 28.6 Å². The van der Waals surface area contributed by atoms with Crippen molar-refractivity contribution in [3.8, 4) is 5.75 Å². The second-order valence-corrected chi connectivity index (χ2v) is 10.6. The average Bonchev–Trinajstić information content (AvgIpc) is 3.16. The molecule has 0 aliphatic carbocycles. The number of anilines is 2. The van der Waals surface area contributed by atoms with E-state index in [1.807, 2.05) is 34.9 Å². The lowest BCUT2D eigenvalue weighted by Gasteiger charge is -2.38. The summed E-state index contributed by atoms with van der Waals surface area (Å²) in [5, 5.41) is 21.0. The van der Waals surface area contributed by atoms with Crippen LogP contribution in [0.3, 0.4) is 0 Å². The van der Waals surface area contributed by atoms with Gasteiger partial charge in [-0.3, -0.25) is 9.36 Å². The summed E-state index contributed by atoms with van der Waals surface area (Å²) < 4.78 is 12.1. The first kappa shape index (κ1) is 26.6. The highest BCUT2D eigenvalue weighted by Crippen LogP contribution is 2.30. The van der Waals surface area contributed by atoms with Crippen LogP contribution in [0.1, 0.15) is 41.2 Å². The smallest absolute Gasteiger partial charge is 0.419 e. The van der Waals surface area contributed by atoms with E-state index in [0.29, 0.717) is 42.1 Å². The Morgan fingerprint density at radius 3 is 2.63 bits per heavy atom.